The van der Waals surface area contributed by atoms with Gasteiger partial charge >= 0.3 is 0 Å². The molecule has 0 aliphatic heterocycles. The zero-order chi connectivity index (χ0) is 11.6. The first-order valence-electron chi connectivity index (χ1n) is 5.46. The van der Waals surface area contributed by atoms with Gasteiger partial charge in [0.1, 0.15) is 10.5 Å². The smallest absolute Gasteiger partial charge is 0.234 e. The molecule has 0 saturated heterocycles. The van der Waals surface area contributed by atoms with E-state index in [2.05, 4.69) is 17.1 Å². The molecule has 0 aromatic heterocycles. The summed E-state index contributed by atoms with van der Waals surface area (Å²) in [5, 5.41) is 0. The largest absolute Gasteiger partial charge is 0.427 e. The van der Waals surface area contributed by atoms with Gasteiger partial charge in [0, 0.05) is 12.5 Å². The fourth-order valence-electron chi connectivity index (χ4n) is 1.74. The van der Waals surface area contributed by atoms with Gasteiger partial charge in [0.25, 0.3) is 0 Å². The number of benzene rings is 1. The van der Waals surface area contributed by atoms with Crippen molar-refractivity contribution < 1.29 is 9.22 Å². The molecule has 0 aliphatic rings. The molecule has 1 rings (SSSR count). The maximum Gasteiger partial charge on any atom is 0.234 e. The minimum Gasteiger partial charge on any atom is -0.427 e. The number of nitrogens with zero attached hydrogens (tertiary/aromatic N) is 1. The second kappa shape index (κ2) is 7.99. The molecule has 0 radical (unpaired) electrons. The van der Waals surface area contributed by atoms with Gasteiger partial charge in [-0.15, -0.1) is 0 Å². The SMILES string of the molecule is O=C=NCCCC(CO[SiH3])c1ccccc1. The molecule has 0 saturated carbocycles. The van der Waals surface area contributed by atoms with E-state index >= 15 is 0 Å². The first-order chi connectivity index (χ1) is 7.88. The summed E-state index contributed by atoms with van der Waals surface area (Å²) in [6.07, 6.45) is 3.46. The molecule has 0 bridgehead atoms. The molecule has 1 unspecified atom stereocenters. The van der Waals surface area contributed by atoms with Gasteiger partial charge in [-0.1, -0.05) is 30.3 Å². The van der Waals surface area contributed by atoms with Crippen molar-refractivity contribution in [2.24, 2.45) is 4.99 Å². The van der Waals surface area contributed by atoms with E-state index in [-0.39, 0.29) is 0 Å². The molecular formula is C12H17NO2Si. The normalized spacial score (nSPS) is 12.0. The molecule has 0 aliphatic carbocycles. The van der Waals surface area contributed by atoms with Gasteiger partial charge in [-0.2, -0.15) is 0 Å². The number of carbonyl (C=O) groups excluding carboxylic acids is 1. The third kappa shape index (κ3) is 4.53. The summed E-state index contributed by atoms with van der Waals surface area (Å²) in [5.74, 6) is 0.417. The van der Waals surface area contributed by atoms with Crippen LogP contribution in [0.15, 0.2) is 35.3 Å². The molecule has 1 aromatic rings. The molecule has 0 N–H and O–H groups in total. The van der Waals surface area contributed by atoms with Gasteiger partial charge in [0.2, 0.25) is 6.08 Å². The zero-order valence-corrected chi connectivity index (χ0v) is 11.6. The Balaban J connectivity index is 2.50. The van der Waals surface area contributed by atoms with E-state index < -0.39 is 0 Å². The van der Waals surface area contributed by atoms with E-state index in [1.165, 1.54) is 5.56 Å². The van der Waals surface area contributed by atoms with Crippen molar-refractivity contribution in [3.8, 4) is 0 Å². The summed E-state index contributed by atoms with van der Waals surface area (Å²) < 4.78 is 5.35. The molecule has 1 aromatic carbocycles. The summed E-state index contributed by atoms with van der Waals surface area (Å²) in [4.78, 5) is 13.5. The second-order valence-electron chi connectivity index (χ2n) is 3.68. The highest BCUT2D eigenvalue weighted by Gasteiger charge is 2.09. The Kier molecular flexibility index (Phi) is 6.41. The minimum absolute atomic E-state index is 0.417. The second-order valence-corrected chi connectivity index (χ2v) is 4.26. The van der Waals surface area contributed by atoms with Gasteiger partial charge in [-0.25, -0.2) is 9.79 Å². The fraction of sp³-hybridized carbons (Fsp3) is 0.417. The lowest BCUT2D eigenvalue weighted by Gasteiger charge is -2.15. The van der Waals surface area contributed by atoms with Crippen LogP contribution in [0.2, 0.25) is 0 Å². The van der Waals surface area contributed by atoms with Crippen LogP contribution >= 0.6 is 0 Å². The van der Waals surface area contributed by atoms with E-state index in [1.807, 2.05) is 18.2 Å². The van der Waals surface area contributed by atoms with Gasteiger partial charge < -0.3 is 4.43 Å². The molecule has 0 amide bonds. The van der Waals surface area contributed by atoms with Crippen molar-refractivity contribution in [1.82, 2.24) is 0 Å². The van der Waals surface area contributed by atoms with Gasteiger partial charge in [-0.05, 0) is 18.4 Å². The van der Waals surface area contributed by atoms with Crippen molar-refractivity contribution in [3.63, 3.8) is 0 Å². The molecular weight excluding hydrogens is 218 g/mol. The average Bonchev–Trinajstić information content (AvgIpc) is 2.34. The molecule has 0 heterocycles. The Morgan fingerprint density at radius 2 is 2.12 bits per heavy atom. The molecule has 0 spiro atoms. The Labute approximate surface area is 99.1 Å². The summed E-state index contributed by atoms with van der Waals surface area (Å²) in [6.45, 7) is 1.33. The van der Waals surface area contributed by atoms with Crippen molar-refractivity contribution >= 4 is 16.6 Å². The van der Waals surface area contributed by atoms with Crippen LogP contribution in [0.3, 0.4) is 0 Å². The minimum atomic E-state index is 0.417. The summed E-state index contributed by atoms with van der Waals surface area (Å²) in [7, 11) is 0.762. The third-order valence-corrected chi connectivity index (χ3v) is 2.86. The van der Waals surface area contributed by atoms with E-state index in [4.69, 9.17) is 4.43 Å². The third-order valence-electron chi connectivity index (χ3n) is 2.53. The maximum absolute atomic E-state index is 9.93. The Morgan fingerprint density at radius 1 is 1.38 bits per heavy atom. The van der Waals surface area contributed by atoms with Gasteiger partial charge in [0.05, 0.1) is 6.54 Å². The summed E-state index contributed by atoms with van der Waals surface area (Å²) in [5.41, 5.74) is 1.30. The topological polar surface area (TPSA) is 38.7 Å². The van der Waals surface area contributed by atoms with Crippen molar-refractivity contribution in [2.45, 2.75) is 18.8 Å². The van der Waals surface area contributed by atoms with Crippen molar-refractivity contribution in [3.05, 3.63) is 35.9 Å². The van der Waals surface area contributed by atoms with Crippen LogP contribution in [0.25, 0.3) is 0 Å². The Bertz CT molecular complexity index is 336. The summed E-state index contributed by atoms with van der Waals surface area (Å²) >= 11 is 0. The van der Waals surface area contributed by atoms with Crippen molar-refractivity contribution in [2.75, 3.05) is 13.2 Å². The van der Waals surface area contributed by atoms with Crippen LogP contribution in [0, 0.1) is 0 Å². The van der Waals surface area contributed by atoms with Crippen LogP contribution < -0.4 is 0 Å². The molecule has 3 nitrogen and oxygen atoms in total. The highest BCUT2D eigenvalue weighted by Crippen LogP contribution is 2.21. The van der Waals surface area contributed by atoms with Crippen LogP contribution in [0.4, 0.5) is 0 Å². The van der Waals surface area contributed by atoms with E-state index in [0.29, 0.717) is 12.5 Å². The highest BCUT2D eigenvalue weighted by atomic mass is 28.2. The number of rotatable bonds is 7. The Hall–Kier alpha value is -1.22. The number of aliphatic imine (C=N–C) groups is 1. The maximum atomic E-state index is 9.93. The van der Waals surface area contributed by atoms with Crippen LogP contribution in [-0.2, 0) is 9.22 Å². The molecule has 86 valence electrons. The van der Waals surface area contributed by atoms with E-state index in [9.17, 15) is 4.79 Å². The zero-order valence-electron chi connectivity index (χ0n) is 9.56. The number of hydrogen-bond acceptors (Lipinski definition) is 3. The quantitative estimate of drug-likeness (QED) is 0.308. The van der Waals surface area contributed by atoms with Crippen LogP contribution in [-0.4, -0.2) is 29.7 Å². The van der Waals surface area contributed by atoms with Gasteiger partial charge in [0.15, 0.2) is 0 Å². The molecule has 0 fully saturated rings. The Morgan fingerprint density at radius 3 is 2.75 bits per heavy atom. The standard InChI is InChI=1S/C12H17NO2Si/c14-10-13-8-4-7-12(9-15-16)11-5-2-1-3-6-11/h1-3,5-6,12H,4,7-9H2,16H3. The van der Waals surface area contributed by atoms with E-state index in [1.54, 1.807) is 6.08 Å². The van der Waals surface area contributed by atoms with Gasteiger partial charge in [-0.3, -0.25) is 0 Å². The average molecular weight is 235 g/mol. The van der Waals surface area contributed by atoms with Crippen LogP contribution in [0.1, 0.15) is 24.3 Å². The predicted molar refractivity (Wildman–Crippen MR) is 67.3 cm³/mol. The fourth-order valence-corrected chi connectivity index (χ4v) is 2.14. The lowest BCUT2D eigenvalue weighted by atomic mass is 9.95. The first kappa shape index (κ1) is 12.8. The highest BCUT2D eigenvalue weighted by molar-refractivity contribution is 5.97. The molecule has 4 heteroatoms. The number of hydrogen-bond donors (Lipinski definition) is 0. The first-order valence-corrected chi connectivity index (χ1v) is 6.27. The van der Waals surface area contributed by atoms with E-state index in [0.717, 1.165) is 29.9 Å². The van der Waals surface area contributed by atoms with Crippen molar-refractivity contribution in [1.29, 1.82) is 0 Å². The molecule has 1 atom stereocenters. The predicted octanol–water partition coefficient (Wildman–Crippen LogP) is 1.18. The monoisotopic (exact) mass is 235 g/mol. The summed E-state index contributed by atoms with van der Waals surface area (Å²) in [6, 6.07) is 10.3. The van der Waals surface area contributed by atoms with Crippen LogP contribution in [0.5, 0.6) is 0 Å². The number of isocyanates is 1. The molecule has 16 heavy (non-hydrogen) atoms. The lowest BCUT2D eigenvalue weighted by molar-refractivity contribution is 0.304. The lowest BCUT2D eigenvalue weighted by Crippen LogP contribution is -2.07.